The minimum absolute atomic E-state index is 0.00136. The van der Waals surface area contributed by atoms with E-state index in [2.05, 4.69) is 15.0 Å². The average molecular weight is 488 g/mol. The molecular formula is C23H29N5O3S2. The van der Waals surface area contributed by atoms with E-state index in [9.17, 15) is 9.59 Å². The molecule has 1 saturated heterocycles. The maximum Gasteiger partial charge on any atom is 0.259 e. The van der Waals surface area contributed by atoms with E-state index in [1.807, 2.05) is 18.7 Å². The van der Waals surface area contributed by atoms with Gasteiger partial charge in [-0.1, -0.05) is 5.16 Å². The number of nitrogens with one attached hydrogen (secondary N) is 1. The Morgan fingerprint density at radius 1 is 1.18 bits per heavy atom. The van der Waals surface area contributed by atoms with Gasteiger partial charge in [-0.25, -0.2) is 4.98 Å². The van der Waals surface area contributed by atoms with E-state index in [1.54, 1.807) is 23.1 Å². The monoisotopic (exact) mass is 487 g/mol. The van der Waals surface area contributed by atoms with Gasteiger partial charge < -0.3 is 14.4 Å². The van der Waals surface area contributed by atoms with Crippen molar-refractivity contribution in [3.05, 3.63) is 43.6 Å². The summed E-state index contributed by atoms with van der Waals surface area (Å²) in [6, 6.07) is 0. The van der Waals surface area contributed by atoms with Gasteiger partial charge in [0, 0.05) is 42.4 Å². The molecule has 1 fully saturated rings. The average Bonchev–Trinajstić information content (AvgIpc) is 3.34. The Morgan fingerprint density at radius 2 is 1.97 bits per heavy atom. The lowest BCUT2D eigenvalue weighted by atomic mass is 9.97. The van der Waals surface area contributed by atoms with Crippen molar-refractivity contribution in [1.82, 2.24) is 24.9 Å². The summed E-state index contributed by atoms with van der Waals surface area (Å²) in [4.78, 5) is 39.6. The summed E-state index contributed by atoms with van der Waals surface area (Å²) in [6.45, 7) is 7.40. The van der Waals surface area contributed by atoms with Crippen LogP contribution in [-0.4, -0.2) is 62.8 Å². The van der Waals surface area contributed by atoms with E-state index >= 15 is 0 Å². The standard InChI is InChI=1S/C23H29N5O3S2/c1-14-17(15(2)31-26-14)12-32-13-20(29)28-9-7-27(8-10-28)11-19-24-22(30)21-16-5-3-4-6-18(16)33-23(21)25-19/h3-13H2,1-2H3,(H,24,25,30). The van der Waals surface area contributed by atoms with Gasteiger partial charge in [-0.15, -0.1) is 23.1 Å². The lowest BCUT2D eigenvalue weighted by molar-refractivity contribution is -0.130. The SMILES string of the molecule is Cc1noc(C)c1CSCC(=O)N1CCN(Cc2nc3sc4c(c3c(=O)[nH]2)CCCC4)CC1. The maximum atomic E-state index is 12.8. The number of carbonyl (C=O) groups excluding carboxylic acids is 1. The highest BCUT2D eigenvalue weighted by atomic mass is 32.2. The molecule has 0 spiro atoms. The first-order valence-electron chi connectivity index (χ1n) is 11.5. The highest BCUT2D eigenvalue weighted by Crippen LogP contribution is 2.33. The van der Waals surface area contributed by atoms with E-state index in [-0.39, 0.29) is 11.5 Å². The molecule has 1 amide bonds. The molecule has 0 saturated carbocycles. The van der Waals surface area contributed by atoms with Crippen molar-refractivity contribution in [2.75, 3.05) is 31.9 Å². The van der Waals surface area contributed by atoms with Crippen molar-refractivity contribution in [1.29, 1.82) is 0 Å². The first-order chi connectivity index (χ1) is 16.0. The Hall–Kier alpha value is -2.17. The van der Waals surface area contributed by atoms with Crippen molar-refractivity contribution >= 4 is 39.2 Å². The third-order valence-corrected chi connectivity index (χ3v) is 8.76. The highest BCUT2D eigenvalue weighted by Gasteiger charge is 2.23. The summed E-state index contributed by atoms with van der Waals surface area (Å²) < 4.78 is 5.19. The fourth-order valence-electron chi connectivity index (χ4n) is 4.69. The molecule has 176 valence electrons. The number of amides is 1. The van der Waals surface area contributed by atoms with Gasteiger partial charge in [0.1, 0.15) is 16.4 Å². The molecule has 10 heteroatoms. The van der Waals surface area contributed by atoms with Crippen molar-refractivity contribution in [2.45, 2.75) is 51.8 Å². The predicted molar refractivity (Wildman–Crippen MR) is 131 cm³/mol. The fourth-order valence-corrected chi connectivity index (χ4v) is 7.05. The number of nitrogens with zero attached hydrogens (tertiary/aromatic N) is 4. The van der Waals surface area contributed by atoms with E-state index in [0.29, 0.717) is 25.4 Å². The molecule has 8 nitrogen and oxygen atoms in total. The zero-order chi connectivity index (χ0) is 22.9. The van der Waals surface area contributed by atoms with Gasteiger partial charge in [0.2, 0.25) is 5.91 Å². The quantitative estimate of drug-likeness (QED) is 0.571. The van der Waals surface area contributed by atoms with Gasteiger partial charge in [0.05, 0.1) is 23.4 Å². The second kappa shape index (κ2) is 9.60. The first-order valence-corrected chi connectivity index (χ1v) is 13.5. The molecule has 4 heterocycles. The number of carbonyl (C=O) groups is 1. The molecular weight excluding hydrogens is 458 g/mol. The molecule has 0 radical (unpaired) electrons. The van der Waals surface area contributed by atoms with Crippen molar-refractivity contribution in [3.63, 3.8) is 0 Å². The Bertz CT molecular complexity index is 1200. The molecule has 1 aliphatic heterocycles. The first kappa shape index (κ1) is 22.6. The number of thiophene rings is 1. The second-order valence-corrected chi connectivity index (χ2v) is 10.9. The van der Waals surface area contributed by atoms with Gasteiger partial charge >= 0.3 is 0 Å². The van der Waals surface area contributed by atoms with Gasteiger partial charge in [-0.3, -0.25) is 14.5 Å². The van der Waals surface area contributed by atoms with Crippen LogP contribution in [0.5, 0.6) is 0 Å². The number of hydrogen-bond acceptors (Lipinski definition) is 8. The van der Waals surface area contributed by atoms with Crippen LogP contribution in [0.15, 0.2) is 9.32 Å². The molecule has 3 aromatic rings. The fraction of sp³-hybridized carbons (Fsp3) is 0.565. The largest absolute Gasteiger partial charge is 0.361 e. The van der Waals surface area contributed by atoms with E-state index in [0.717, 1.165) is 71.2 Å². The molecule has 0 atom stereocenters. The second-order valence-electron chi connectivity index (χ2n) is 8.86. The number of fused-ring (bicyclic) bond motifs is 3. The number of aromatic nitrogens is 3. The van der Waals surface area contributed by atoms with Crippen molar-refractivity contribution < 1.29 is 9.32 Å². The zero-order valence-corrected chi connectivity index (χ0v) is 20.7. The predicted octanol–water partition coefficient (Wildman–Crippen LogP) is 3.05. The number of aromatic amines is 1. The maximum absolute atomic E-state index is 12.8. The van der Waals surface area contributed by atoms with Crippen LogP contribution in [0.1, 0.15) is 46.1 Å². The summed E-state index contributed by atoms with van der Waals surface area (Å²) in [6.07, 6.45) is 4.41. The van der Waals surface area contributed by atoms with E-state index < -0.39 is 0 Å². The lowest BCUT2D eigenvalue weighted by Crippen LogP contribution is -2.49. The van der Waals surface area contributed by atoms with E-state index in [4.69, 9.17) is 9.51 Å². The molecule has 1 N–H and O–H groups in total. The number of aryl methyl sites for hydroxylation is 4. The van der Waals surface area contributed by atoms with Crippen LogP contribution < -0.4 is 5.56 Å². The Kier molecular flexibility index (Phi) is 6.58. The minimum atomic E-state index is -0.00136. The van der Waals surface area contributed by atoms with Gasteiger partial charge in [0.15, 0.2) is 0 Å². The summed E-state index contributed by atoms with van der Waals surface area (Å²) in [5.74, 6) is 2.91. The zero-order valence-electron chi connectivity index (χ0n) is 19.1. The van der Waals surface area contributed by atoms with Crippen LogP contribution in [0.4, 0.5) is 0 Å². The molecule has 1 aliphatic carbocycles. The van der Waals surface area contributed by atoms with Crippen LogP contribution in [0.3, 0.4) is 0 Å². The topological polar surface area (TPSA) is 95.3 Å². The van der Waals surface area contributed by atoms with Crippen LogP contribution in [0, 0.1) is 13.8 Å². The number of piperazine rings is 1. The van der Waals surface area contributed by atoms with Gasteiger partial charge in [-0.05, 0) is 45.1 Å². The summed E-state index contributed by atoms with van der Waals surface area (Å²) in [5, 5.41) is 4.78. The Morgan fingerprint density at radius 3 is 2.73 bits per heavy atom. The summed E-state index contributed by atoms with van der Waals surface area (Å²) in [7, 11) is 0. The molecule has 2 aliphatic rings. The van der Waals surface area contributed by atoms with Gasteiger partial charge in [-0.2, -0.15) is 0 Å². The van der Waals surface area contributed by atoms with Crippen molar-refractivity contribution in [2.24, 2.45) is 0 Å². The molecule has 33 heavy (non-hydrogen) atoms. The molecule has 5 rings (SSSR count). The number of rotatable bonds is 6. The normalized spacial score (nSPS) is 17.0. The van der Waals surface area contributed by atoms with Crippen molar-refractivity contribution in [3.8, 4) is 0 Å². The van der Waals surface area contributed by atoms with E-state index in [1.165, 1.54) is 16.9 Å². The number of H-pyrrole nitrogens is 1. The highest BCUT2D eigenvalue weighted by molar-refractivity contribution is 7.99. The summed E-state index contributed by atoms with van der Waals surface area (Å²) in [5.41, 5.74) is 3.20. The molecule has 0 bridgehead atoms. The van der Waals surface area contributed by atoms with Crippen LogP contribution in [-0.2, 0) is 29.9 Å². The Labute approximate surface area is 200 Å². The minimum Gasteiger partial charge on any atom is -0.361 e. The third kappa shape index (κ3) is 4.74. The smallest absolute Gasteiger partial charge is 0.259 e. The molecule has 0 aromatic carbocycles. The van der Waals surface area contributed by atoms with Gasteiger partial charge in [0.25, 0.3) is 5.56 Å². The van der Waals surface area contributed by atoms with Crippen LogP contribution in [0.2, 0.25) is 0 Å². The lowest BCUT2D eigenvalue weighted by Gasteiger charge is -2.34. The number of hydrogen-bond donors (Lipinski definition) is 1. The molecule has 0 unspecified atom stereocenters. The van der Waals surface area contributed by atoms with Crippen LogP contribution in [0.25, 0.3) is 10.2 Å². The Balaban J connectivity index is 1.14. The summed E-state index contributed by atoms with van der Waals surface area (Å²) >= 11 is 3.29. The number of thioether (sulfide) groups is 1. The third-order valence-electron chi connectivity index (χ3n) is 6.63. The molecule has 3 aromatic heterocycles. The van der Waals surface area contributed by atoms with Crippen LogP contribution >= 0.6 is 23.1 Å².